The summed E-state index contributed by atoms with van der Waals surface area (Å²) in [6.45, 7) is 1.80. The molecule has 0 aliphatic rings. The first-order valence-corrected chi connectivity index (χ1v) is 11.0. The summed E-state index contributed by atoms with van der Waals surface area (Å²) < 4.78 is 61.9. The van der Waals surface area contributed by atoms with E-state index in [0.29, 0.717) is 5.56 Å². The number of halogens is 2. The molecule has 0 heterocycles. The standard InChI is InChI=1S/C23H21F2NO5S/c1-16(27)26(14-17-3-6-19(24)7-4-17)15-18-5-12-22(30-2)23(13-18)31-32(28,29)21-10-8-20(25)9-11-21/h3-13H,14-15H2,1-2H3. The van der Waals surface area contributed by atoms with Gasteiger partial charge in [0.25, 0.3) is 0 Å². The fourth-order valence-electron chi connectivity index (χ4n) is 2.96. The number of benzene rings is 3. The van der Waals surface area contributed by atoms with Gasteiger partial charge in [-0.3, -0.25) is 4.79 Å². The Labute approximate surface area is 185 Å². The van der Waals surface area contributed by atoms with Crippen LogP contribution in [0.15, 0.2) is 71.6 Å². The Morgan fingerprint density at radius 3 is 1.94 bits per heavy atom. The zero-order valence-corrected chi connectivity index (χ0v) is 18.2. The molecule has 9 heteroatoms. The molecule has 0 atom stereocenters. The molecule has 0 spiro atoms. The Bertz CT molecular complexity index is 1200. The third kappa shape index (κ3) is 5.82. The van der Waals surface area contributed by atoms with E-state index in [2.05, 4.69) is 0 Å². The van der Waals surface area contributed by atoms with Crippen molar-refractivity contribution in [3.8, 4) is 11.5 Å². The lowest BCUT2D eigenvalue weighted by molar-refractivity contribution is -0.130. The molecule has 0 radical (unpaired) electrons. The highest BCUT2D eigenvalue weighted by molar-refractivity contribution is 7.87. The quantitative estimate of drug-likeness (QED) is 0.468. The molecule has 3 rings (SSSR count). The van der Waals surface area contributed by atoms with E-state index in [9.17, 15) is 22.0 Å². The van der Waals surface area contributed by atoms with Gasteiger partial charge in [-0.05, 0) is 59.7 Å². The molecule has 0 aromatic heterocycles. The van der Waals surface area contributed by atoms with Gasteiger partial charge in [-0.1, -0.05) is 18.2 Å². The van der Waals surface area contributed by atoms with Crippen LogP contribution in [0.5, 0.6) is 11.5 Å². The van der Waals surface area contributed by atoms with Crippen LogP contribution in [0.1, 0.15) is 18.1 Å². The summed E-state index contributed by atoms with van der Waals surface area (Å²) in [7, 11) is -2.88. The first kappa shape index (κ1) is 23.2. The van der Waals surface area contributed by atoms with Crippen molar-refractivity contribution in [2.24, 2.45) is 0 Å². The molecule has 168 valence electrons. The van der Waals surface area contributed by atoms with Crippen LogP contribution in [0.4, 0.5) is 8.78 Å². The maximum Gasteiger partial charge on any atom is 0.339 e. The van der Waals surface area contributed by atoms with Crippen LogP contribution in [-0.2, 0) is 28.0 Å². The van der Waals surface area contributed by atoms with Gasteiger partial charge >= 0.3 is 10.1 Å². The van der Waals surface area contributed by atoms with E-state index >= 15 is 0 Å². The zero-order valence-electron chi connectivity index (χ0n) is 17.4. The van der Waals surface area contributed by atoms with E-state index in [4.69, 9.17) is 8.92 Å². The van der Waals surface area contributed by atoms with Gasteiger partial charge < -0.3 is 13.8 Å². The number of methoxy groups -OCH3 is 1. The van der Waals surface area contributed by atoms with Crippen LogP contribution in [0.3, 0.4) is 0 Å². The first-order valence-electron chi connectivity index (χ1n) is 9.55. The van der Waals surface area contributed by atoms with E-state index in [-0.39, 0.29) is 41.2 Å². The van der Waals surface area contributed by atoms with Gasteiger partial charge in [-0.25, -0.2) is 8.78 Å². The summed E-state index contributed by atoms with van der Waals surface area (Å²) in [5.74, 6) is -1.06. The Morgan fingerprint density at radius 2 is 1.38 bits per heavy atom. The number of ether oxygens (including phenoxy) is 1. The summed E-state index contributed by atoms with van der Waals surface area (Å²) in [6.07, 6.45) is 0. The zero-order chi connectivity index (χ0) is 23.3. The summed E-state index contributed by atoms with van der Waals surface area (Å²) in [5, 5.41) is 0. The molecule has 0 saturated carbocycles. The Kier molecular flexibility index (Phi) is 7.09. The summed E-state index contributed by atoms with van der Waals surface area (Å²) in [4.78, 5) is 13.4. The SMILES string of the molecule is COc1ccc(CN(Cc2ccc(F)cc2)C(C)=O)cc1OS(=O)(=O)c1ccc(F)cc1. The molecule has 0 aliphatic heterocycles. The van der Waals surface area contributed by atoms with Gasteiger partial charge in [0.2, 0.25) is 5.91 Å². The number of carbonyl (C=O) groups excluding carboxylic acids is 1. The average molecular weight is 461 g/mol. The molecule has 0 aliphatic carbocycles. The van der Waals surface area contributed by atoms with Gasteiger partial charge in [-0.15, -0.1) is 0 Å². The molecule has 32 heavy (non-hydrogen) atoms. The van der Waals surface area contributed by atoms with Gasteiger partial charge in [0.1, 0.15) is 16.5 Å². The molecular weight excluding hydrogens is 440 g/mol. The average Bonchev–Trinajstić information content (AvgIpc) is 2.75. The predicted molar refractivity (Wildman–Crippen MR) is 114 cm³/mol. The Balaban J connectivity index is 1.84. The molecule has 3 aromatic carbocycles. The normalized spacial score (nSPS) is 11.1. The monoisotopic (exact) mass is 461 g/mol. The lowest BCUT2D eigenvalue weighted by atomic mass is 10.1. The molecule has 3 aromatic rings. The fourth-order valence-corrected chi connectivity index (χ4v) is 3.89. The van der Waals surface area contributed by atoms with Gasteiger partial charge in [0, 0.05) is 20.0 Å². The van der Waals surface area contributed by atoms with Crippen LogP contribution in [0, 0.1) is 11.6 Å². The van der Waals surface area contributed by atoms with Crippen LogP contribution >= 0.6 is 0 Å². The van der Waals surface area contributed by atoms with Crippen molar-refractivity contribution in [3.63, 3.8) is 0 Å². The maximum absolute atomic E-state index is 13.1. The largest absolute Gasteiger partial charge is 0.493 e. The summed E-state index contributed by atoms with van der Waals surface area (Å²) in [6, 6.07) is 14.7. The van der Waals surface area contributed by atoms with Gasteiger partial charge in [-0.2, -0.15) is 8.42 Å². The van der Waals surface area contributed by atoms with Crippen LogP contribution in [0.2, 0.25) is 0 Å². The van der Waals surface area contributed by atoms with Crippen molar-refractivity contribution in [2.45, 2.75) is 24.9 Å². The molecule has 0 unspecified atom stereocenters. The van der Waals surface area contributed by atoms with Crippen molar-refractivity contribution < 1.29 is 30.9 Å². The van der Waals surface area contributed by atoms with E-state index in [1.807, 2.05) is 0 Å². The maximum atomic E-state index is 13.1. The second kappa shape index (κ2) is 9.78. The molecule has 6 nitrogen and oxygen atoms in total. The van der Waals surface area contributed by atoms with Crippen LogP contribution in [-0.4, -0.2) is 26.3 Å². The minimum absolute atomic E-state index is 0.0698. The molecule has 0 saturated heterocycles. The summed E-state index contributed by atoms with van der Waals surface area (Å²) >= 11 is 0. The Morgan fingerprint density at radius 1 is 0.844 bits per heavy atom. The van der Waals surface area contributed by atoms with Gasteiger partial charge in [0.05, 0.1) is 7.11 Å². The lowest BCUT2D eigenvalue weighted by Gasteiger charge is -2.22. The molecule has 0 bridgehead atoms. The third-order valence-electron chi connectivity index (χ3n) is 4.64. The molecule has 0 fully saturated rings. The first-order chi connectivity index (χ1) is 15.2. The number of rotatable bonds is 8. The lowest BCUT2D eigenvalue weighted by Crippen LogP contribution is -2.27. The number of nitrogens with zero attached hydrogens (tertiary/aromatic N) is 1. The second-order valence-electron chi connectivity index (χ2n) is 6.98. The highest BCUT2D eigenvalue weighted by Crippen LogP contribution is 2.31. The van der Waals surface area contributed by atoms with E-state index < -0.39 is 15.9 Å². The number of carbonyl (C=O) groups is 1. The number of amides is 1. The van der Waals surface area contributed by atoms with Crippen molar-refractivity contribution in [1.29, 1.82) is 0 Å². The summed E-state index contributed by atoms with van der Waals surface area (Å²) in [5.41, 5.74) is 1.33. The van der Waals surface area contributed by atoms with Crippen LogP contribution in [0.25, 0.3) is 0 Å². The predicted octanol–water partition coefficient (Wildman–Crippen LogP) is 4.29. The van der Waals surface area contributed by atoms with Crippen molar-refractivity contribution in [3.05, 3.63) is 89.5 Å². The topological polar surface area (TPSA) is 72.9 Å². The van der Waals surface area contributed by atoms with Crippen molar-refractivity contribution in [2.75, 3.05) is 7.11 Å². The number of hydrogen-bond acceptors (Lipinski definition) is 5. The minimum atomic E-state index is -4.24. The minimum Gasteiger partial charge on any atom is -0.493 e. The Hall–Kier alpha value is -3.46. The van der Waals surface area contributed by atoms with Crippen molar-refractivity contribution in [1.82, 2.24) is 4.90 Å². The van der Waals surface area contributed by atoms with Gasteiger partial charge in [0.15, 0.2) is 11.5 Å². The third-order valence-corrected chi connectivity index (χ3v) is 5.88. The highest BCUT2D eigenvalue weighted by Gasteiger charge is 2.20. The highest BCUT2D eigenvalue weighted by atomic mass is 32.2. The van der Waals surface area contributed by atoms with E-state index in [1.165, 1.54) is 43.2 Å². The number of hydrogen-bond donors (Lipinski definition) is 0. The smallest absolute Gasteiger partial charge is 0.339 e. The molecular formula is C23H21F2NO5S. The van der Waals surface area contributed by atoms with E-state index in [0.717, 1.165) is 29.8 Å². The van der Waals surface area contributed by atoms with Crippen molar-refractivity contribution >= 4 is 16.0 Å². The fraction of sp³-hybridized carbons (Fsp3) is 0.174. The molecule has 1 amide bonds. The second-order valence-corrected chi connectivity index (χ2v) is 8.52. The van der Waals surface area contributed by atoms with E-state index in [1.54, 1.807) is 18.2 Å². The molecule has 0 N–H and O–H groups in total. The van der Waals surface area contributed by atoms with Crippen LogP contribution < -0.4 is 8.92 Å².